The quantitative estimate of drug-likeness (QED) is 0.0934. The number of carbonyl (C=O) groups excluding carboxylic acids is 1. The van der Waals surface area contributed by atoms with E-state index in [4.69, 9.17) is 4.42 Å². The number of aliphatic hydroxyl groups excluding tert-OH is 1. The zero-order valence-electron chi connectivity index (χ0n) is 28.9. The molecule has 0 spiro atoms. The molecule has 0 atom stereocenters. The summed E-state index contributed by atoms with van der Waals surface area (Å²) in [6.07, 6.45) is 6.73. The number of carbonyl (C=O) groups is 1. The molecule has 0 unspecified atom stereocenters. The van der Waals surface area contributed by atoms with E-state index < -0.39 is 0 Å². The first-order chi connectivity index (χ1) is 20.9. The molecule has 4 aromatic rings. The van der Waals surface area contributed by atoms with E-state index in [1.165, 1.54) is 22.8 Å². The number of benzene rings is 2. The van der Waals surface area contributed by atoms with Gasteiger partial charge in [-0.2, -0.15) is 0 Å². The van der Waals surface area contributed by atoms with Gasteiger partial charge in [-0.3, -0.25) is 4.79 Å². The average Bonchev–Trinajstić information content (AvgIpc) is 3.42. The summed E-state index contributed by atoms with van der Waals surface area (Å²) < 4.78 is 6.19. The normalized spacial score (nSPS) is 11.7. The molecule has 1 radical (unpaired) electrons. The van der Waals surface area contributed by atoms with Crippen LogP contribution in [0.2, 0.25) is 0 Å². The van der Waals surface area contributed by atoms with Gasteiger partial charge in [0.2, 0.25) is 0 Å². The van der Waals surface area contributed by atoms with Crippen molar-refractivity contribution in [1.29, 1.82) is 0 Å². The number of aliphatic hydroxyl groups is 1. The number of furan rings is 1. The molecule has 0 aliphatic heterocycles. The summed E-state index contributed by atoms with van der Waals surface area (Å²) in [5.41, 5.74) is 8.93. The largest absolute Gasteiger partial charge is 0.512 e. The van der Waals surface area contributed by atoms with Crippen molar-refractivity contribution in [2.24, 2.45) is 11.8 Å². The van der Waals surface area contributed by atoms with Crippen LogP contribution >= 0.6 is 0 Å². The fourth-order valence-corrected chi connectivity index (χ4v) is 5.53. The fraction of sp³-hybridized carbons (Fsp3) is 0.450. The smallest absolute Gasteiger partial charge is 0.162 e. The first kappa shape index (κ1) is 38.2. The van der Waals surface area contributed by atoms with E-state index in [2.05, 4.69) is 95.1 Å². The summed E-state index contributed by atoms with van der Waals surface area (Å²) in [6.45, 7) is 21.2. The third kappa shape index (κ3) is 10.2. The third-order valence-corrected chi connectivity index (χ3v) is 8.51. The van der Waals surface area contributed by atoms with Gasteiger partial charge < -0.3 is 14.5 Å². The second-order valence-electron chi connectivity index (χ2n) is 12.7. The van der Waals surface area contributed by atoms with Crippen molar-refractivity contribution in [3.8, 4) is 22.6 Å². The zero-order chi connectivity index (χ0) is 32.6. The molecule has 0 fully saturated rings. The molecule has 0 bridgehead atoms. The Hall–Kier alpha value is -3.01. The summed E-state index contributed by atoms with van der Waals surface area (Å²) in [6, 6.07) is 18.7. The van der Waals surface area contributed by atoms with E-state index in [0.29, 0.717) is 11.8 Å². The van der Waals surface area contributed by atoms with Gasteiger partial charge in [-0.15, -0.1) is 34.9 Å². The van der Waals surface area contributed by atoms with Gasteiger partial charge in [0.1, 0.15) is 5.76 Å². The Bertz CT molecular complexity index is 1530. The molecular formula is C40H52IrNO3-. The molecule has 2 heterocycles. The Balaban J connectivity index is 0.000000378. The van der Waals surface area contributed by atoms with Crippen molar-refractivity contribution >= 4 is 16.8 Å². The van der Waals surface area contributed by atoms with Gasteiger partial charge >= 0.3 is 0 Å². The molecule has 245 valence electrons. The predicted molar refractivity (Wildman–Crippen MR) is 185 cm³/mol. The van der Waals surface area contributed by atoms with Crippen molar-refractivity contribution in [1.82, 2.24) is 4.98 Å². The molecule has 2 aromatic heterocycles. The van der Waals surface area contributed by atoms with E-state index in [-0.39, 0.29) is 43.5 Å². The van der Waals surface area contributed by atoms with Gasteiger partial charge in [-0.25, -0.2) is 0 Å². The number of hydrogen-bond acceptors (Lipinski definition) is 4. The Morgan fingerprint density at radius 2 is 1.42 bits per heavy atom. The Morgan fingerprint density at radius 3 is 1.93 bits per heavy atom. The minimum Gasteiger partial charge on any atom is -0.512 e. The van der Waals surface area contributed by atoms with Crippen LogP contribution in [-0.2, 0) is 24.9 Å². The van der Waals surface area contributed by atoms with Crippen molar-refractivity contribution in [3.05, 3.63) is 88.8 Å². The molecular weight excluding hydrogens is 735 g/mol. The number of nitrogens with zero attached hydrogens (tertiary/aromatic N) is 1. The number of pyridine rings is 1. The molecule has 0 saturated heterocycles. The van der Waals surface area contributed by atoms with Crippen LogP contribution in [0, 0.1) is 31.7 Å². The van der Waals surface area contributed by atoms with E-state index >= 15 is 0 Å². The first-order valence-electron chi connectivity index (χ1n) is 16.4. The first-order valence-corrected chi connectivity index (χ1v) is 16.4. The molecule has 4 nitrogen and oxygen atoms in total. The Labute approximate surface area is 285 Å². The van der Waals surface area contributed by atoms with E-state index in [9.17, 15) is 9.90 Å². The van der Waals surface area contributed by atoms with Crippen molar-refractivity contribution in [2.45, 2.75) is 107 Å². The minimum absolute atomic E-state index is 0. The number of aryl methyl sites for hydroxylation is 2. The van der Waals surface area contributed by atoms with Gasteiger partial charge in [-0.1, -0.05) is 81.4 Å². The van der Waals surface area contributed by atoms with E-state index in [1.54, 1.807) is 0 Å². The molecule has 1 N–H and O–H groups in total. The second-order valence-corrected chi connectivity index (χ2v) is 12.7. The number of aromatic nitrogens is 1. The maximum Gasteiger partial charge on any atom is 0.162 e. The maximum absolute atomic E-state index is 11.7. The molecule has 0 aliphatic rings. The average molecular weight is 787 g/mol. The van der Waals surface area contributed by atoms with Crippen LogP contribution in [0.15, 0.2) is 64.9 Å². The molecule has 2 aromatic carbocycles. The molecule has 45 heavy (non-hydrogen) atoms. The predicted octanol–water partition coefficient (Wildman–Crippen LogP) is 11.7. The molecule has 5 heteroatoms. The fourth-order valence-electron chi connectivity index (χ4n) is 5.53. The zero-order valence-corrected chi connectivity index (χ0v) is 31.3. The monoisotopic (exact) mass is 787 g/mol. The van der Waals surface area contributed by atoms with E-state index in [1.807, 2.05) is 33.9 Å². The van der Waals surface area contributed by atoms with Gasteiger partial charge in [0, 0.05) is 49.0 Å². The number of rotatable bonds is 11. The number of allylic oxidation sites excluding steroid dienone is 2. The third-order valence-electron chi connectivity index (χ3n) is 8.51. The maximum atomic E-state index is 11.7. The van der Waals surface area contributed by atoms with Crippen LogP contribution in [-0.4, -0.2) is 15.9 Å². The SMILES string of the molecule is CCC(CC)C(=O)/C=C(\O)C(CC)CC.Cc1[c-]c(-c2cc3cc(-c4cc(C(C)C)cc(C(C)C)c4)oc3cn2)cc(C)c1.[Ir]. The van der Waals surface area contributed by atoms with Crippen LogP contribution in [0.1, 0.15) is 115 Å². The van der Waals surface area contributed by atoms with Crippen LogP contribution in [0.5, 0.6) is 0 Å². The van der Waals surface area contributed by atoms with Gasteiger partial charge in [-0.05, 0) is 72.5 Å². The summed E-state index contributed by atoms with van der Waals surface area (Å²) in [7, 11) is 0. The van der Waals surface area contributed by atoms with Gasteiger partial charge in [0.05, 0.1) is 12.0 Å². The van der Waals surface area contributed by atoms with Gasteiger partial charge in [0.25, 0.3) is 0 Å². The molecule has 0 amide bonds. The van der Waals surface area contributed by atoms with Crippen molar-refractivity contribution in [3.63, 3.8) is 0 Å². The van der Waals surface area contributed by atoms with Crippen molar-refractivity contribution < 1.29 is 34.4 Å². The summed E-state index contributed by atoms with van der Waals surface area (Å²) in [5.74, 6) is 2.40. The van der Waals surface area contributed by atoms with Crippen LogP contribution in [0.3, 0.4) is 0 Å². The molecule has 0 saturated carbocycles. The number of fused-ring (bicyclic) bond motifs is 1. The van der Waals surface area contributed by atoms with Crippen LogP contribution in [0.4, 0.5) is 0 Å². The van der Waals surface area contributed by atoms with Crippen LogP contribution in [0.25, 0.3) is 33.6 Å². The van der Waals surface area contributed by atoms with Crippen LogP contribution < -0.4 is 0 Å². The van der Waals surface area contributed by atoms with Gasteiger partial charge in [0.15, 0.2) is 11.4 Å². The molecule has 0 aliphatic carbocycles. The minimum atomic E-state index is 0. The summed E-state index contributed by atoms with van der Waals surface area (Å²) in [5, 5.41) is 10.8. The molecule has 4 rings (SSSR count). The second kappa shape index (κ2) is 17.6. The number of hydrogen-bond donors (Lipinski definition) is 1. The summed E-state index contributed by atoms with van der Waals surface area (Å²) >= 11 is 0. The topological polar surface area (TPSA) is 63.3 Å². The Morgan fingerprint density at radius 1 is 0.844 bits per heavy atom. The Kier molecular flexibility index (Phi) is 14.9. The standard InChI is InChI=1S/C27H28NO.C13H24O2.Ir/c1-16(2)20-10-21(17(3)4)12-23(11-20)26-14-24-13-25(28-15-27(24)29-26)22-8-18(5)7-19(6)9-22;1-5-10(6-2)12(14)9-13(15)11(7-3)8-4;/h7-8,10-17H,1-6H3;9-11,14H,5-8H2,1-4H3;/q-1;;/b;12-9-;. The summed E-state index contributed by atoms with van der Waals surface area (Å²) in [4.78, 5) is 16.3. The van der Waals surface area contributed by atoms with Crippen molar-refractivity contribution in [2.75, 3.05) is 0 Å². The number of ketones is 1. The van der Waals surface area contributed by atoms with E-state index in [0.717, 1.165) is 64.8 Å².